The van der Waals surface area contributed by atoms with Gasteiger partial charge in [0.1, 0.15) is 5.01 Å². The fraction of sp³-hybridized carbons (Fsp3) is 0.471. The number of para-hydroxylation sites is 1. The number of amides is 1. The predicted molar refractivity (Wildman–Crippen MR) is 96.1 cm³/mol. The van der Waals surface area contributed by atoms with Crippen LogP contribution in [-0.2, 0) is 6.54 Å². The molecular weight excluding hydrogens is 324 g/mol. The fourth-order valence-corrected chi connectivity index (χ4v) is 3.31. The van der Waals surface area contributed by atoms with Crippen LogP contribution < -0.4 is 5.32 Å². The summed E-state index contributed by atoms with van der Waals surface area (Å²) in [5.41, 5.74) is 0.672. The topological polar surface area (TPSA) is 78.4 Å². The Morgan fingerprint density at radius 3 is 2.54 bits per heavy atom. The molecule has 1 amide bonds. The van der Waals surface area contributed by atoms with Gasteiger partial charge in [-0.3, -0.25) is 9.69 Å². The number of rotatable bonds is 6. The Hall–Kier alpha value is -1.83. The third-order valence-electron chi connectivity index (χ3n) is 3.78. The third kappa shape index (κ3) is 4.83. The standard InChI is InChI=1S/C17H24N4O2S/c1-17(2,3)13(11-22)21(4)10-14-19-20-16(24-14)15(23)18-12-8-6-5-7-9-12/h5-9,13,22H,10-11H2,1-4H3,(H,18,23). The molecule has 0 radical (unpaired) electrons. The number of hydrogen-bond acceptors (Lipinski definition) is 6. The highest BCUT2D eigenvalue weighted by Crippen LogP contribution is 2.25. The summed E-state index contributed by atoms with van der Waals surface area (Å²) >= 11 is 1.27. The zero-order valence-corrected chi connectivity index (χ0v) is 15.3. The van der Waals surface area contributed by atoms with Crippen molar-refractivity contribution in [3.63, 3.8) is 0 Å². The van der Waals surface area contributed by atoms with E-state index in [4.69, 9.17) is 0 Å². The number of nitrogens with zero attached hydrogens (tertiary/aromatic N) is 3. The summed E-state index contributed by atoms with van der Waals surface area (Å²) in [5.74, 6) is -0.262. The molecule has 24 heavy (non-hydrogen) atoms. The maximum absolute atomic E-state index is 12.2. The van der Waals surface area contributed by atoms with Crippen molar-refractivity contribution in [2.45, 2.75) is 33.4 Å². The molecular formula is C17H24N4O2S. The highest BCUT2D eigenvalue weighted by molar-refractivity contribution is 7.13. The number of carbonyl (C=O) groups is 1. The number of aliphatic hydroxyl groups excluding tert-OH is 1. The minimum atomic E-state index is -0.262. The molecule has 2 N–H and O–H groups in total. The van der Waals surface area contributed by atoms with Gasteiger partial charge in [-0.25, -0.2) is 0 Å². The van der Waals surface area contributed by atoms with Crippen LogP contribution in [0, 0.1) is 5.41 Å². The van der Waals surface area contributed by atoms with Crippen molar-refractivity contribution in [3.8, 4) is 0 Å². The summed E-state index contributed by atoms with van der Waals surface area (Å²) < 4.78 is 0. The summed E-state index contributed by atoms with van der Waals surface area (Å²) in [5, 5.41) is 21.6. The van der Waals surface area contributed by atoms with Crippen LogP contribution >= 0.6 is 11.3 Å². The average Bonchev–Trinajstić information content (AvgIpc) is 2.96. The number of hydrogen-bond donors (Lipinski definition) is 2. The number of carbonyl (C=O) groups excluding carboxylic acids is 1. The molecule has 0 aliphatic rings. The molecule has 0 spiro atoms. The van der Waals surface area contributed by atoms with Crippen LogP contribution in [0.4, 0.5) is 5.69 Å². The van der Waals surface area contributed by atoms with Crippen LogP contribution in [0.25, 0.3) is 0 Å². The highest BCUT2D eigenvalue weighted by atomic mass is 32.1. The summed E-state index contributed by atoms with van der Waals surface area (Å²) in [6.45, 7) is 6.87. The lowest BCUT2D eigenvalue weighted by Gasteiger charge is -2.36. The van der Waals surface area contributed by atoms with Crippen LogP contribution in [-0.4, -0.2) is 45.8 Å². The Labute approximate surface area is 146 Å². The maximum Gasteiger partial charge on any atom is 0.286 e. The van der Waals surface area contributed by atoms with E-state index in [-0.39, 0.29) is 24.0 Å². The second kappa shape index (κ2) is 7.83. The van der Waals surface area contributed by atoms with Crippen molar-refractivity contribution in [1.82, 2.24) is 15.1 Å². The van der Waals surface area contributed by atoms with E-state index >= 15 is 0 Å². The Balaban J connectivity index is 2.01. The molecule has 0 saturated heterocycles. The van der Waals surface area contributed by atoms with Gasteiger partial charge in [-0.1, -0.05) is 50.3 Å². The second-order valence-electron chi connectivity index (χ2n) is 6.80. The first-order chi connectivity index (χ1) is 11.3. The molecule has 130 valence electrons. The number of likely N-dealkylation sites (N-methyl/N-ethyl adjacent to an activating group) is 1. The quantitative estimate of drug-likeness (QED) is 0.839. The number of aromatic nitrogens is 2. The zero-order chi connectivity index (χ0) is 17.7. The van der Waals surface area contributed by atoms with Gasteiger partial charge in [0.25, 0.3) is 5.91 Å². The van der Waals surface area contributed by atoms with Gasteiger partial charge in [-0.2, -0.15) is 0 Å². The van der Waals surface area contributed by atoms with Gasteiger partial charge in [0, 0.05) is 11.7 Å². The Morgan fingerprint density at radius 1 is 1.29 bits per heavy atom. The van der Waals surface area contributed by atoms with Crippen LogP contribution in [0.2, 0.25) is 0 Å². The largest absolute Gasteiger partial charge is 0.395 e. The summed E-state index contributed by atoms with van der Waals surface area (Å²) in [7, 11) is 1.94. The predicted octanol–water partition coefficient (Wildman–Crippen LogP) is 2.63. The van der Waals surface area contributed by atoms with Crippen molar-refractivity contribution in [1.29, 1.82) is 0 Å². The summed E-state index contributed by atoms with van der Waals surface area (Å²) in [6.07, 6.45) is 0. The summed E-state index contributed by atoms with van der Waals surface area (Å²) in [6, 6.07) is 9.25. The molecule has 6 nitrogen and oxygen atoms in total. The molecule has 2 rings (SSSR count). The number of aliphatic hydroxyl groups is 1. The lowest BCUT2D eigenvalue weighted by Crippen LogP contribution is -2.43. The van der Waals surface area contributed by atoms with Gasteiger partial charge in [0.2, 0.25) is 5.01 Å². The zero-order valence-electron chi connectivity index (χ0n) is 14.5. The molecule has 1 aromatic carbocycles. The van der Waals surface area contributed by atoms with E-state index in [1.165, 1.54) is 11.3 Å². The molecule has 0 aliphatic heterocycles. The monoisotopic (exact) mass is 348 g/mol. The molecule has 0 saturated carbocycles. The van der Waals surface area contributed by atoms with Crippen LogP contribution in [0.15, 0.2) is 30.3 Å². The van der Waals surface area contributed by atoms with Gasteiger partial charge in [-0.15, -0.1) is 10.2 Å². The molecule has 2 aromatic rings. The first-order valence-electron chi connectivity index (χ1n) is 7.81. The molecule has 1 atom stereocenters. The lowest BCUT2D eigenvalue weighted by molar-refractivity contribution is 0.0612. The number of anilines is 1. The average molecular weight is 348 g/mol. The number of benzene rings is 1. The Bertz CT molecular complexity index is 667. The minimum Gasteiger partial charge on any atom is -0.395 e. The first-order valence-corrected chi connectivity index (χ1v) is 8.63. The van der Waals surface area contributed by atoms with Crippen molar-refractivity contribution in [3.05, 3.63) is 40.3 Å². The maximum atomic E-state index is 12.2. The fourth-order valence-electron chi connectivity index (χ4n) is 2.51. The van der Waals surface area contributed by atoms with E-state index < -0.39 is 0 Å². The lowest BCUT2D eigenvalue weighted by atomic mass is 9.86. The SMILES string of the molecule is CN(Cc1nnc(C(=O)Nc2ccccc2)s1)C(CO)C(C)(C)C. The molecule has 0 aliphatic carbocycles. The molecule has 7 heteroatoms. The van der Waals surface area contributed by atoms with E-state index in [0.717, 1.165) is 10.7 Å². The van der Waals surface area contributed by atoms with Crippen LogP contribution in [0.3, 0.4) is 0 Å². The van der Waals surface area contributed by atoms with E-state index in [9.17, 15) is 9.90 Å². The first kappa shape index (κ1) is 18.5. The van der Waals surface area contributed by atoms with Gasteiger partial charge in [-0.05, 0) is 24.6 Å². The van der Waals surface area contributed by atoms with Crippen molar-refractivity contribution >= 4 is 22.9 Å². The highest BCUT2D eigenvalue weighted by Gasteiger charge is 2.28. The molecule has 1 unspecified atom stereocenters. The van der Waals surface area contributed by atoms with Gasteiger partial charge < -0.3 is 10.4 Å². The van der Waals surface area contributed by atoms with E-state index in [2.05, 4.69) is 36.3 Å². The number of nitrogens with one attached hydrogen (secondary N) is 1. The molecule has 1 heterocycles. The van der Waals surface area contributed by atoms with Crippen molar-refractivity contribution in [2.24, 2.45) is 5.41 Å². The molecule has 1 aromatic heterocycles. The van der Waals surface area contributed by atoms with Crippen LogP contribution in [0.1, 0.15) is 35.6 Å². The Morgan fingerprint density at radius 2 is 1.96 bits per heavy atom. The van der Waals surface area contributed by atoms with Gasteiger partial charge in [0.05, 0.1) is 13.2 Å². The molecule has 0 fully saturated rings. The van der Waals surface area contributed by atoms with Gasteiger partial charge in [0.15, 0.2) is 0 Å². The van der Waals surface area contributed by atoms with Crippen molar-refractivity contribution < 1.29 is 9.90 Å². The Kier molecular flexibility index (Phi) is 6.04. The van der Waals surface area contributed by atoms with E-state index in [1.54, 1.807) is 0 Å². The van der Waals surface area contributed by atoms with Gasteiger partial charge >= 0.3 is 0 Å². The van der Waals surface area contributed by atoms with E-state index in [0.29, 0.717) is 11.6 Å². The van der Waals surface area contributed by atoms with Crippen LogP contribution in [0.5, 0.6) is 0 Å². The summed E-state index contributed by atoms with van der Waals surface area (Å²) in [4.78, 5) is 14.2. The van der Waals surface area contributed by atoms with E-state index in [1.807, 2.05) is 42.3 Å². The molecule has 0 bridgehead atoms. The second-order valence-corrected chi connectivity index (χ2v) is 7.86. The normalized spacial score (nSPS) is 13.1. The third-order valence-corrected chi connectivity index (χ3v) is 4.69. The van der Waals surface area contributed by atoms with Crippen molar-refractivity contribution in [2.75, 3.05) is 19.0 Å². The smallest absolute Gasteiger partial charge is 0.286 e. The minimum absolute atomic E-state index is 0.00277.